The topological polar surface area (TPSA) is 90.1 Å². The largest absolute Gasteiger partial charge is 0.484 e. The lowest BCUT2D eigenvalue weighted by Gasteiger charge is -2.05. The van der Waals surface area contributed by atoms with Crippen molar-refractivity contribution in [3.63, 3.8) is 0 Å². The second-order valence-electron chi connectivity index (χ2n) is 3.96. The highest BCUT2D eigenvalue weighted by atomic mass is 32.1. The van der Waals surface area contributed by atoms with Gasteiger partial charge in [-0.25, -0.2) is 9.48 Å². The number of carboxylic acid groups (broad SMARTS) is 1. The summed E-state index contributed by atoms with van der Waals surface area (Å²) < 4.78 is 7.17. The van der Waals surface area contributed by atoms with E-state index in [0.29, 0.717) is 18.1 Å². The van der Waals surface area contributed by atoms with Gasteiger partial charge in [0.2, 0.25) is 0 Å². The normalized spacial score (nSPS) is 10.6. The first kappa shape index (κ1) is 13.5. The van der Waals surface area contributed by atoms with Crippen molar-refractivity contribution < 1.29 is 14.6 Å². The number of nitrogens with zero attached hydrogens (tertiary/aromatic N) is 4. The van der Waals surface area contributed by atoms with E-state index in [1.807, 2.05) is 13.8 Å². The predicted molar refractivity (Wildman–Crippen MR) is 68.5 cm³/mol. The van der Waals surface area contributed by atoms with E-state index in [0.717, 1.165) is 11.3 Å². The molecule has 0 saturated heterocycles. The fourth-order valence-corrected chi connectivity index (χ4v) is 2.40. The van der Waals surface area contributed by atoms with Crippen LogP contribution in [0.15, 0.2) is 6.07 Å². The van der Waals surface area contributed by atoms with Crippen molar-refractivity contribution in [1.29, 1.82) is 0 Å². The quantitative estimate of drug-likeness (QED) is 0.867. The molecule has 2 aromatic heterocycles. The Bertz CT molecular complexity index is 578. The number of hydrogen-bond acceptors (Lipinski definition) is 6. The molecule has 2 rings (SSSR count). The maximum Gasteiger partial charge on any atom is 0.349 e. The van der Waals surface area contributed by atoms with Crippen molar-refractivity contribution in [2.45, 2.75) is 33.4 Å². The maximum atomic E-state index is 11.1. The van der Waals surface area contributed by atoms with Crippen LogP contribution < -0.4 is 4.74 Å². The molecule has 0 unspecified atom stereocenters. The zero-order valence-electron chi connectivity index (χ0n) is 10.7. The SMILES string of the molecule is CCCn1nnnc1COc1cc(C)sc1C(=O)O. The van der Waals surface area contributed by atoms with Gasteiger partial charge in [0, 0.05) is 11.4 Å². The second kappa shape index (κ2) is 5.79. The zero-order chi connectivity index (χ0) is 13.8. The highest BCUT2D eigenvalue weighted by Gasteiger charge is 2.16. The van der Waals surface area contributed by atoms with E-state index in [2.05, 4.69) is 15.5 Å². The number of rotatable bonds is 6. The average molecular weight is 282 g/mol. The lowest BCUT2D eigenvalue weighted by atomic mass is 10.4. The van der Waals surface area contributed by atoms with E-state index in [9.17, 15) is 4.79 Å². The molecule has 0 radical (unpaired) electrons. The fourth-order valence-electron chi connectivity index (χ4n) is 1.60. The van der Waals surface area contributed by atoms with Gasteiger partial charge in [-0.2, -0.15) is 0 Å². The Balaban J connectivity index is 2.10. The first-order chi connectivity index (χ1) is 9.11. The summed E-state index contributed by atoms with van der Waals surface area (Å²) in [6.07, 6.45) is 0.913. The third-order valence-corrected chi connectivity index (χ3v) is 3.43. The third-order valence-electron chi connectivity index (χ3n) is 2.41. The van der Waals surface area contributed by atoms with Gasteiger partial charge in [-0.05, 0) is 29.8 Å². The summed E-state index contributed by atoms with van der Waals surface area (Å²) in [6.45, 7) is 4.73. The van der Waals surface area contributed by atoms with Crippen LogP contribution in [0, 0.1) is 6.92 Å². The number of ether oxygens (including phenoxy) is 1. The van der Waals surface area contributed by atoms with Crippen LogP contribution in [0.3, 0.4) is 0 Å². The molecule has 0 amide bonds. The van der Waals surface area contributed by atoms with Crippen molar-refractivity contribution in [3.8, 4) is 5.75 Å². The minimum absolute atomic E-state index is 0.156. The predicted octanol–water partition coefficient (Wildman–Crippen LogP) is 1.73. The van der Waals surface area contributed by atoms with Crippen molar-refractivity contribution in [2.75, 3.05) is 0 Å². The highest BCUT2D eigenvalue weighted by Crippen LogP contribution is 2.29. The van der Waals surface area contributed by atoms with E-state index in [4.69, 9.17) is 9.84 Å². The molecule has 0 aromatic carbocycles. The molecule has 19 heavy (non-hydrogen) atoms. The van der Waals surface area contributed by atoms with Crippen LogP contribution in [0.25, 0.3) is 0 Å². The molecule has 0 aliphatic carbocycles. The minimum Gasteiger partial charge on any atom is -0.484 e. The van der Waals surface area contributed by atoms with Gasteiger partial charge in [0.15, 0.2) is 10.7 Å². The Labute approximate surface area is 113 Å². The van der Waals surface area contributed by atoms with Gasteiger partial charge in [-0.15, -0.1) is 16.4 Å². The molecule has 0 saturated carbocycles. The smallest absolute Gasteiger partial charge is 0.349 e. The van der Waals surface area contributed by atoms with Crippen LogP contribution in [0.1, 0.15) is 33.7 Å². The van der Waals surface area contributed by atoms with E-state index in [1.54, 1.807) is 10.7 Å². The summed E-state index contributed by atoms with van der Waals surface area (Å²) in [4.78, 5) is 12.1. The molecular weight excluding hydrogens is 268 g/mol. The van der Waals surface area contributed by atoms with Crippen molar-refractivity contribution in [3.05, 3.63) is 21.6 Å². The monoisotopic (exact) mass is 282 g/mol. The van der Waals surface area contributed by atoms with E-state index < -0.39 is 5.97 Å². The molecular formula is C11H14N4O3S. The first-order valence-corrected chi connectivity index (χ1v) is 6.65. The molecule has 8 heteroatoms. The molecule has 1 N–H and O–H groups in total. The molecule has 0 aliphatic rings. The number of aromatic carboxylic acids is 1. The maximum absolute atomic E-state index is 11.1. The number of carbonyl (C=O) groups is 1. The van der Waals surface area contributed by atoms with E-state index in [1.165, 1.54) is 11.3 Å². The number of aromatic nitrogens is 4. The molecule has 0 fully saturated rings. The summed E-state index contributed by atoms with van der Waals surface area (Å²) in [7, 11) is 0. The van der Waals surface area contributed by atoms with Gasteiger partial charge in [0.1, 0.15) is 12.4 Å². The van der Waals surface area contributed by atoms with Crippen molar-refractivity contribution in [1.82, 2.24) is 20.2 Å². The lowest BCUT2D eigenvalue weighted by Crippen LogP contribution is -2.09. The van der Waals surface area contributed by atoms with Gasteiger partial charge in [0.25, 0.3) is 0 Å². The summed E-state index contributed by atoms with van der Waals surface area (Å²) >= 11 is 1.19. The molecule has 0 atom stereocenters. The Hall–Kier alpha value is -1.96. The van der Waals surface area contributed by atoms with E-state index in [-0.39, 0.29) is 11.5 Å². The highest BCUT2D eigenvalue weighted by molar-refractivity contribution is 7.14. The van der Waals surface area contributed by atoms with Gasteiger partial charge in [0.05, 0.1) is 0 Å². The van der Waals surface area contributed by atoms with Crippen molar-refractivity contribution >= 4 is 17.3 Å². The minimum atomic E-state index is -0.985. The fraction of sp³-hybridized carbons (Fsp3) is 0.455. The van der Waals surface area contributed by atoms with Crippen molar-refractivity contribution in [2.24, 2.45) is 0 Å². The standard InChI is InChI=1S/C11H14N4O3S/c1-3-4-15-9(12-13-14-15)6-18-8-5-7(2)19-10(8)11(16)17/h5H,3-4,6H2,1-2H3,(H,16,17). The van der Waals surface area contributed by atoms with Gasteiger partial charge in [-0.1, -0.05) is 6.92 Å². The number of thiophene rings is 1. The summed E-state index contributed by atoms with van der Waals surface area (Å²) in [5.41, 5.74) is 0. The van der Waals surface area contributed by atoms with Gasteiger partial charge < -0.3 is 9.84 Å². The van der Waals surface area contributed by atoms with Crippen LogP contribution in [0.5, 0.6) is 5.75 Å². The number of carboxylic acids is 1. The Kier molecular flexibility index (Phi) is 4.10. The molecule has 2 heterocycles. The Morgan fingerprint density at radius 3 is 3.05 bits per heavy atom. The first-order valence-electron chi connectivity index (χ1n) is 5.83. The molecule has 2 aromatic rings. The van der Waals surface area contributed by atoms with Crippen LogP contribution in [0.4, 0.5) is 0 Å². The van der Waals surface area contributed by atoms with Crippen LogP contribution in [-0.2, 0) is 13.2 Å². The van der Waals surface area contributed by atoms with Crippen LogP contribution >= 0.6 is 11.3 Å². The lowest BCUT2D eigenvalue weighted by molar-refractivity contribution is 0.0697. The van der Waals surface area contributed by atoms with Gasteiger partial charge >= 0.3 is 5.97 Å². The summed E-state index contributed by atoms with van der Waals surface area (Å²) in [5.74, 6) is -0.0376. The second-order valence-corrected chi connectivity index (χ2v) is 5.22. The Morgan fingerprint density at radius 1 is 1.58 bits per heavy atom. The molecule has 0 aliphatic heterocycles. The number of tetrazole rings is 1. The third kappa shape index (κ3) is 3.08. The molecule has 7 nitrogen and oxygen atoms in total. The summed E-state index contributed by atoms with van der Waals surface area (Å²) in [5, 5.41) is 20.4. The zero-order valence-corrected chi connectivity index (χ0v) is 11.5. The van der Waals surface area contributed by atoms with Crippen LogP contribution in [-0.4, -0.2) is 31.3 Å². The van der Waals surface area contributed by atoms with Crippen LogP contribution in [0.2, 0.25) is 0 Å². The summed E-state index contributed by atoms with van der Waals surface area (Å²) in [6, 6.07) is 1.71. The molecule has 0 bridgehead atoms. The van der Waals surface area contributed by atoms with E-state index >= 15 is 0 Å². The number of aryl methyl sites for hydroxylation is 2. The van der Waals surface area contributed by atoms with Gasteiger partial charge in [-0.3, -0.25) is 0 Å². The molecule has 102 valence electrons. The molecule has 0 spiro atoms. The Morgan fingerprint density at radius 2 is 2.37 bits per heavy atom. The number of hydrogen-bond donors (Lipinski definition) is 1. The average Bonchev–Trinajstić information content (AvgIpc) is 2.94.